The first-order valence-corrected chi connectivity index (χ1v) is 5.62. The molecule has 2 saturated carbocycles. The Morgan fingerprint density at radius 2 is 2.13 bits per heavy atom. The quantitative estimate of drug-likeness (QED) is 0.701. The van der Waals surface area contributed by atoms with Crippen LogP contribution in [0.4, 0.5) is 0 Å². The van der Waals surface area contributed by atoms with E-state index in [2.05, 4.69) is 12.3 Å². The molecule has 0 amide bonds. The van der Waals surface area contributed by atoms with Crippen molar-refractivity contribution in [3.05, 3.63) is 12.7 Å². The summed E-state index contributed by atoms with van der Waals surface area (Å²) < 4.78 is 0. The van der Waals surface area contributed by atoms with E-state index in [1.165, 1.54) is 19.9 Å². The van der Waals surface area contributed by atoms with E-state index in [4.69, 9.17) is 5.11 Å². The highest BCUT2D eigenvalue weighted by Gasteiger charge is 2.46. The van der Waals surface area contributed by atoms with Gasteiger partial charge in [0, 0.05) is 6.42 Å². The molecule has 15 heavy (non-hydrogen) atoms. The lowest BCUT2D eigenvalue weighted by Gasteiger charge is -2.39. The Hall–Kier alpha value is -0.830. The summed E-state index contributed by atoms with van der Waals surface area (Å²) in [5.41, 5.74) is 4.50. The highest BCUT2D eigenvalue weighted by atomic mass is 16.4. The molecule has 4 atom stereocenters. The molecule has 0 radical (unpaired) electrons. The van der Waals surface area contributed by atoms with Crippen LogP contribution in [0.25, 0.3) is 0 Å². The second-order valence-corrected chi connectivity index (χ2v) is 4.48. The summed E-state index contributed by atoms with van der Waals surface area (Å²) in [6.45, 7) is 3.81. The number of aliphatic carboxylic acids is 1. The van der Waals surface area contributed by atoms with E-state index in [1.807, 2.05) is 6.08 Å². The number of fused-ring (bicyclic) bond motifs is 1. The monoisotopic (exact) mass is 211 g/mol. The number of nitrogens with two attached hydrogens (primary N) is 1. The molecule has 2 unspecified atom stereocenters. The predicted octanol–water partition coefficient (Wildman–Crippen LogP) is 1.88. The van der Waals surface area contributed by atoms with Crippen molar-refractivity contribution >= 4 is 5.97 Å². The van der Waals surface area contributed by atoms with Gasteiger partial charge in [0.05, 0.1) is 0 Å². The third kappa shape index (κ3) is 2.59. The van der Waals surface area contributed by atoms with Gasteiger partial charge >= 0.3 is 5.97 Å². The summed E-state index contributed by atoms with van der Waals surface area (Å²) in [5.74, 6) is 2.00. The Morgan fingerprint density at radius 3 is 2.67 bits per heavy atom. The summed E-state index contributed by atoms with van der Waals surface area (Å²) >= 11 is 0. The van der Waals surface area contributed by atoms with Crippen LogP contribution in [0, 0.1) is 23.7 Å². The number of hydrogen-bond acceptors (Lipinski definition) is 2. The van der Waals surface area contributed by atoms with E-state index in [0.717, 1.165) is 12.3 Å². The van der Waals surface area contributed by atoms with Gasteiger partial charge in [0.15, 0.2) is 0 Å². The first kappa shape index (κ1) is 12.2. The smallest absolute Gasteiger partial charge is 0.303 e. The molecule has 0 spiro atoms. The SMILES string of the molecule is C=C[C@H]1CC2C(CC(=O)O)C[C@H]2C1.CN. The fourth-order valence-electron chi connectivity index (χ4n) is 3.07. The predicted molar refractivity (Wildman–Crippen MR) is 60.4 cm³/mol. The summed E-state index contributed by atoms with van der Waals surface area (Å²) in [7, 11) is 1.50. The van der Waals surface area contributed by atoms with E-state index >= 15 is 0 Å². The molecular formula is C12H21NO2. The Morgan fingerprint density at radius 1 is 1.47 bits per heavy atom. The number of carboxylic acid groups (broad SMARTS) is 1. The van der Waals surface area contributed by atoms with Crippen molar-refractivity contribution in [3.8, 4) is 0 Å². The van der Waals surface area contributed by atoms with Crippen LogP contribution in [-0.2, 0) is 4.79 Å². The van der Waals surface area contributed by atoms with E-state index in [0.29, 0.717) is 24.2 Å². The maximum Gasteiger partial charge on any atom is 0.303 e. The molecule has 3 heteroatoms. The molecule has 0 aromatic heterocycles. The molecule has 0 aromatic carbocycles. The van der Waals surface area contributed by atoms with Gasteiger partial charge in [0.2, 0.25) is 0 Å². The van der Waals surface area contributed by atoms with Crippen molar-refractivity contribution in [1.82, 2.24) is 0 Å². The number of carbonyl (C=O) groups is 1. The second kappa shape index (κ2) is 5.31. The molecular weight excluding hydrogens is 190 g/mol. The zero-order valence-corrected chi connectivity index (χ0v) is 9.36. The third-order valence-electron chi connectivity index (χ3n) is 3.77. The summed E-state index contributed by atoms with van der Waals surface area (Å²) in [4.78, 5) is 10.5. The molecule has 2 aliphatic rings. The standard InChI is InChI=1S/C11H16O2.CH5N/c1-2-7-3-8-5-9(6-11(12)13)10(8)4-7;1-2/h2,7-10H,1,3-6H2,(H,12,13);2H2,1H3/t7-,8-,9?,10?;/m1./s1. The summed E-state index contributed by atoms with van der Waals surface area (Å²) in [5, 5.41) is 8.67. The first-order chi connectivity index (χ1) is 7.20. The van der Waals surface area contributed by atoms with Crippen LogP contribution in [0.3, 0.4) is 0 Å². The molecule has 3 nitrogen and oxygen atoms in total. The topological polar surface area (TPSA) is 63.3 Å². The van der Waals surface area contributed by atoms with Crippen LogP contribution < -0.4 is 5.73 Å². The molecule has 2 fully saturated rings. The van der Waals surface area contributed by atoms with E-state index in [9.17, 15) is 4.79 Å². The highest BCUT2D eigenvalue weighted by Crippen LogP contribution is 2.54. The Balaban J connectivity index is 0.000000531. The van der Waals surface area contributed by atoms with Crippen LogP contribution in [0.2, 0.25) is 0 Å². The maximum absolute atomic E-state index is 10.5. The fraction of sp³-hybridized carbons (Fsp3) is 0.750. The van der Waals surface area contributed by atoms with Gasteiger partial charge in [-0.1, -0.05) is 6.08 Å². The molecule has 0 aliphatic heterocycles. The van der Waals surface area contributed by atoms with Crippen molar-refractivity contribution in [2.75, 3.05) is 7.05 Å². The molecule has 0 heterocycles. The lowest BCUT2D eigenvalue weighted by molar-refractivity contribution is -0.140. The van der Waals surface area contributed by atoms with Crippen LogP contribution in [-0.4, -0.2) is 18.1 Å². The normalized spacial score (nSPS) is 36.9. The van der Waals surface area contributed by atoms with Gasteiger partial charge in [-0.3, -0.25) is 4.79 Å². The summed E-state index contributed by atoms with van der Waals surface area (Å²) in [6.07, 6.45) is 6.00. The largest absolute Gasteiger partial charge is 0.481 e. The van der Waals surface area contributed by atoms with Crippen molar-refractivity contribution in [2.24, 2.45) is 29.4 Å². The van der Waals surface area contributed by atoms with Crippen molar-refractivity contribution < 1.29 is 9.90 Å². The Labute approximate surface area is 91.4 Å². The number of carboxylic acids is 1. The van der Waals surface area contributed by atoms with Crippen LogP contribution in [0.5, 0.6) is 0 Å². The average molecular weight is 211 g/mol. The molecule has 0 saturated heterocycles. The van der Waals surface area contributed by atoms with Gasteiger partial charge in [-0.15, -0.1) is 6.58 Å². The van der Waals surface area contributed by atoms with Crippen LogP contribution in [0.1, 0.15) is 25.7 Å². The number of hydrogen-bond donors (Lipinski definition) is 2. The third-order valence-corrected chi connectivity index (χ3v) is 3.77. The lowest BCUT2D eigenvalue weighted by Crippen LogP contribution is -2.33. The molecule has 86 valence electrons. The lowest BCUT2D eigenvalue weighted by atomic mass is 9.65. The van der Waals surface area contributed by atoms with Gasteiger partial charge < -0.3 is 10.8 Å². The number of rotatable bonds is 3. The number of allylic oxidation sites excluding steroid dienone is 1. The zero-order chi connectivity index (χ0) is 11.4. The van der Waals surface area contributed by atoms with Crippen molar-refractivity contribution in [1.29, 1.82) is 0 Å². The Bertz CT molecular complexity index is 240. The van der Waals surface area contributed by atoms with Gasteiger partial charge in [0.25, 0.3) is 0 Å². The van der Waals surface area contributed by atoms with Crippen molar-refractivity contribution in [2.45, 2.75) is 25.7 Å². The second-order valence-electron chi connectivity index (χ2n) is 4.48. The highest BCUT2D eigenvalue weighted by molar-refractivity contribution is 5.67. The summed E-state index contributed by atoms with van der Waals surface area (Å²) in [6, 6.07) is 0. The molecule has 2 aliphatic carbocycles. The minimum atomic E-state index is -0.634. The van der Waals surface area contributed by atoms with Gasteiger partial charge in [-0.25, -0.2) is 0 Å². The van der Waals surface area contributed by atoms with E-state index in [1.54, 1.807) is 0 Å². The van der Waals surface area contributed by atoms with Gasteiger partial charge in [-0.2, -0.15) is 0 Å². The molecule has 0 aromatic rings. The molecule has 2 rings (SSSR count). The maximum atomic E-state index is 10.5. The fourth-order valence-corrected chi connectivity index (χ4v) is 3.07. The molecule has 3 N–H and O–H groups in total. The van der Waals surface area contributed by atoms with E-state index in [-0.39, 0.29) is 0 Å². The van der Waals surface area contributed by atoms with Crippen LogP contribution in [0.15, 0.2) is 12.7 Å². The van der Waals surface area contributed by atoms with Crippen molar-refractivity contribution in [3.63, 3.8) is 0 Å². The Kier molecular flexibility index (Phi) is 4.33. The zero-order valence-electron chi connectivity index (χ0n) is 9.36. The minimum absolute atomic E-state index is 0.380. The first-order valence-electron chi connectivity index (χ1n) is 5.62. The minimum Gasteiger partial charge on any atom is -0.481 e. The average Bonchev–Trinajstić information content (AvgIpc) is 2.55. The van der Waals surface area contributed by atoms with Crippen LogP contribution >= 0.6 is 0 Å². The molecule has 0 bridgehead atoms. The van der Waals surface area contributed by atoms with Gasteiger partial charge in [0.1, 0.15) is 0 Å². The van der Waals surface area contributed by atoms with E-state index < -0.39 is 5.97 Å². The van der Waals surface area contributed by atoms with Gasteiger partial charge in [-0.05, 0) is 50.0 Å².